The van der Waals surface area contributed by atoms with Gasteiger partial charge in [0.05, 0.1) is 17.7 Å². The van der Waals surface area contributed by atoms with E-state index in [0.717, 1.165) is 12.5 Å². The lowest BCUT2D eigenvalue weighted by atomic mass is 10.2. The molecular formula is C12H27NO5Si2. The molecule has 0 spiro atoms. The van der Waals surface area contributed by atoms with Crippen molar-refractivity contribution >= 4 is 17.6 Å². The van der Waals surface area contributed by atoms with Crippen molar-refractivity contribution in [2.75, 3.05) is 19.8 Å². The van der Waals surface area contributed by atoms with Crippen molar-refractivity contribution in [3.8, 4) is 0 Å². The van der Waals surface area contributed by atoms with Crippen LogP contribution in [0.1, 0.15) is 34.1 Å². The van der Waals surface area contributed by atoms with Crippen LogP contribution in [0.5, 0.6) is 0 Å². The van der Waals surface area contributed by atoms with E-state index >= 15 is 0 Å². The van der Waals surface area contributed by atoms with E-state index < -0.39 is 17.6 Å². The minimum absolute atomic E-state index is 0.217. The minimum Gasteiger partial charge on any atom is -0.374 e. The first-order valence-electron chi connectivity index (χ1n) is 7.56. The molecule has 118 valence electrons. The zero-order chi connectivity index (χ0) is 14.8. The van der Waals surface area contributed by atoms with Crippen molar-refractivity contribution in [3.05, 3.63) is 0 Å². The summed E-state index contributed by atoms with van der Waals surface area (Å²) < 4.78 is 29.9. The topological polar surface area (TPSA) is 72.2 Å². The fraction of sp³-hybridized carbons (Fsp3) is 1.00. The standard InChI is InChI=1S/C12H27NO5Si2/c1-5-14-19(15-6-2,9-7-8-13)18-20-12(10(3)16-20)11(4)17-20/h10-12H,5-9,13H2,1-4H3/t10-,11+,12?,20?. The second kappa shape index (κ2) is 6.53. The fourth-order valence-corrected chi connectivity index (χ4v) is 11.0. The predicted molar refractivity (Wildman–Crippen MR) is 79.2 cm³/mol. The molecule has 2 aliphatic rings. The van der Waals surface area contributed by atoms with Gasteiger partial charge in [-0.2, -0.15) is 0 Å². The van der Waals surface area contributed by atoms with Crippen LogP contribution in [0.25, 0.3) is 0 Å². The Kier molecular flexibility index (Phi) is 5.41. The number of rotatable bonds is 9. The van der Waals surface area contributed by atoms with Crippen molar-refractivity contribution in [2.45, 2.75) is 57.9 Å². The van der Waals surface area contributed by atoms with E-state index in [4.69, 9.17) is 27.6 Å². The van der Waals surface area contributed by atoms with Crippen molar-refractivity contribution < 1.29 is 21.8 Å². The van der Waals surface area contributed by atoms with E-state index in [1.165, 1.54) is 0 Å². The smallest absolute Gasteiger partial charge is 0.374 e. The van der Waals surface area contributed by atoms with Gasteiger partial charge in [-0.05, 0) is 40.7 Å². The average Bonchev–Trinajstić information content (AvgIpc) is 2.35. The zero-order valence-corrected chi connectivity index (χ0v) is 14.9. The number of fused-ring (bicyclic) bond motifs is 1. The molecule has 0 aliphatic carbocycles. The van der Waals surface area contributed by atoms with Crippen LogP contribution < -0.4 is 5.73 Å². The molecule has 2 fully saturated rings. The number of hydrogen-bond donors (Lipinski definition) is 1. The van der Waals surface area contributed by atoms with Gasteiger partial charge in [-0.1, -0.05) is 0 Å². The van der Waals surface area contributed by atoms with Crippen LogP contribution in [0.3, 0.4) is 0 Å². The maximum Gasteiger partial charge on any atom is 0.502 e. The number of hydrogen-bond acceptors (Lipinski definition) is 6. The Morgan fingerprint density at radius 3 is 2.05 bits per heavy atom. The highest BCUT2D eigenvalue weighted by Crippen LogP contribution is 2.55. The molecular weight excluding hydrogens is 294 g/mol. The predicted octanol–water partition coefficient (Wildman–Crippen LogP) is 1.51. The molecule has 6 nitrogen and oxygen atoms in total. The Morgan fingerprint density at radius 2 is 1.65 bits per heavy atom. The van der Waals surface area contributed by atoms with Gasteiger partial charge < -0.3 is 27.6 Å². The summed E-state index contributed by atoms with van der Waals surface area (Å²) in [6.07, 6.45) is 1.26. The molecule has 2 unspecified atom stereocenters. The van der Waals surface area contributed by atoms with Crippen molar-refractivity contribution in [3.63, 3.8) is 0 Å². The third kappa shape index (κ3) is 2.88. The summed E-state index contributed by atoms with van der Waals surface area (Å²) in [7, 11) is -5.27. The zero-order valence-electron chi connectivity index (χ0n) is 12.9. The molecule has 0 amide bonds. The Labute approximate surface area is 123 Å². The molecule has 20 heavy (non-hydrogen) atoms. The quantitative estimate of drug-likeness (QED) is 0.649. The largest absolute Gasteiger partial charge is 0.502 e. The van der Waals surface area contributed by atoms with E-state index in [1.807, 2.05) is 13.8 Å². The van der Waals surface area contributed by atoms with E-state index in [9.17, 15) is 0 Å². The molecule has 0 aromatic rings. The van der Waals surface area contributed by atoms with Crippen LogP contribution in [0, 0.1) is 0 Å². The molecule has 2 saturated heterocycles. The molecule has 4 atom stereocenters. The summed E-state index contributed by atoms with van der Waals surface area (Å²) in [6, 6.07) is 0.724. The van der Waals surface area contributed by atoms with Gasteiger partial charge in [-0.3, -0.25) is 0 Å². The lowest BCUT2D eigenvalue weighted by Gasteiger charge is -2.61. The van der Waals surface area contributed by atoms with Gasteiger partial charge in [0, 0.05) is 19.3 Å². The summed E-state index contributed by atoms with van der Waals surface area (Å²) >= 11 is 0. The Bertz CT molecular complexity index is 315. The van der Waals surface area contributed by atoms with Gasteiger partial charge in [-0.15, -0.1) is 0 Å². The van der Waals surface area contributed by atoms with Crippen LogP contribution in [0.2, 0.25) is 11.6 Å². The highest BCUT2D eigenvalue weighted by Gasteiger charge is 2.75. The van der Waals surface area contributed by atoms with Crippen LogP contribution in [0.15, 0.2) is 0 Å². The molecule has 0 aromatic carbocycles. The molecule has 0 aromatic heterocycles. The van der Waals surface area contributed by atoms with Gasteiger partial charge in [0.1, 0.15) is 0 Å². The van der Waals surface area contributed by atoms with Gasteiger partial charge in [-0.25, -0.2) is 0 Å². The molecule has 2 rings (SSSR count). The van der Waals surface area contributed by atoms with Gasteiger partial charge in [0.15, 0.2) is 0 Å². The molecule has 2 N–H and O–H groups in total. The van der Waals surface area contributed by atoms with Gasteiger partial charge >= 0.3 is 17.6 Å². The van der Waals surface area contributed by atoms with Crippen molar-refractivity contribution in [2.24, 2.45) is 5.73 Å². The second-order valence-electron chi connectivity index (χ2n) is 5.32. The SMILES string of the molecule is CCO[Si](CCCN)(OCC)O[Si]12O[C@@H](C)C1[C@@H](C)O2. The van der Waals surface area contributed by atoms with Gasteiger partial charge in [0.25, 0.3) is 0 Å². The summed E-state index contributed by atoms with van der Waals surface area (Å²) in [6.45, 7) is 9.79. The molecule has 0 radical (unpaired) electrons. The molecule has 0 saturated carbocycles. The summed E-state index contributed by atoms with van der Waals surface area (Å²) in [5.74, 6) is 0. The van der Waals surface area contributed by atoms with Gasteiger partial charge in [0.2, 0.25) is 0 Å². The van der Waals surface area contributed by atoms with Crippen LogP contribution in [-0.4, -0.2) is 49.6 Å². The fourth-order valence-electron chi connectivity index (χ4n) is 3.05. The van der Waals surface area contributed by atoms with Crippen molar-refractivity contribution in [1.29, 1.82) is 0 Å². The molecule has 8 heteroatoms. The Balaban J connectivity index is 2.06. The summed E-state index contributed by atoms with van der Waals surface area (Å²) in [4.78, 5) is 0. The van der Waals surface area contributed by atoms with Crippen molar-refractivity contribution in [1.82, 2.24) is 0 Å². The first-order chi connectivity index (χ1) is 9.52. The maximum atomic E-state index is 6.32. The van der Waals surface area contributed by atoms with Crippen LogP contribution in [-0.2, 0) is 21.8 Å². The summed E-state index contributed by atoms with van der Waals surface area (Å²) in [5.41, 5.74) is 6.02. The maximum absolute atomic E-state index is 6.32. The average molecular weight is 322 g/mol. The lowest BCUT2D eigenvalue weighted by Crippen LogP contribution is -2.79. The molecule has 0 bridgehead atoms. The minimum atomic E-state index is -2.74. The first kappa shape index (κ1) is 16.6. The third-order valence-electron chi connectivity index (χ3n) is 3.83. The van der Waals surface area contributed by atoms with E-state index in [-0.39, 0.29) is 12.2 Å². The first-order valence-corrected chi connectivity index (χ1v) is 11.3. The molecule has 2 heterocycles. The molecule has 2 aliphatic heterocycles. The summed E-state index contributed by atoms with van der Waals surface area (Å²) in [5, 5.41) is 0. The highest BCUT2D eigenvalue weighted by atomic mass is 28.5. The van der Waals surface area contributed by atoms with E-state index in [2.05, 4.69) is 13.8 Å². The van der Waals surface area contributed by atoms with Crippen LogP contribution >= 0.6 is 0 Å². The third-order valence-corrected chi connectivity index (χ3v) is 11.8. The monoisotopic (exact) mass is 321 g/mol. The Hall–Kier alpha value is 0.194. The lowest BCUT2D eigenvalue weighted by molar-refractivity contribution is -0.139. The van der Waals surface area contributed by atoms with E-state index in [1.54, 1.807) is 0 Å². The van der Waals surface area contributed by atoms with Crippen LogP contribution in [0.4, 0.5) is 0 Å². The Morgan fingerprint density at radius 1 is 1.10 bits per heavy atom. The number of nitrogens with two attached hydrogens (primary N) is 1. The highest BCUT2D eigenvalue weighted by molar-refractivity contribution is 6.78. The van der Waals surface area contributed by atoms with E-state index in [0.29, 0.717) is 25.3 Å². The normalized spacial score (nSPS) is 36.1. The second-order valence-corrected chi connectivity index (χ2v) is 10.9.